The van der Waals surface area contributed by atoms with Crippen LogP contribution in [0.15, 0.2) is 18.2 Å². The maximum Gasteiger partial charge on any atom is 0.223 e. The van der Waals surface area contributed by atoms with E-state index in [1.807, 2.05) is 6.92 Å². The van der Waals surface area contributed by atoms with E-state index in [0.717, 1.165) is 25.0 Å². The summed E-state index contributed by atoms with van der Waals surface area (Å²) in [6, 6.07) is 2.63. The van der Waals surface area contributed by atoms with Crippen LogP contribution in [-0.2, 0) is 9.53 Å². The molecule has 6 heteroatoms. The Morgan fingerprint density at radius 3 is 2.52 bits per heavy atom. The highest BCUT2D eigenvalue weighted by Gasteiger charge is 2.28. The zero-order chi connectivity index (χ0) is 17.0. The first-order chi connectivity index (χ1) is 10.9. The molecule has 2 N–H and O–H groups in total. The van der Waals surface area contributed by atoms with Crippen molar-refractivity contribution in [3.05, 3.63) is 35.4 Å². The predicted molar refractivity (Wildman–Crippen MR) is 81.6 cm³/mol. The number of hydrogen-bond donors (Lipinski definition) is 2. The molecule has 1 aromatic carbocycles. The highest BCUT2D eigenvalue weighted by molar-refractivity contribution is 5.79. The molecule has 1 heterocycles. The quantitative estimate of drug-likeness (QED) is 0.874. The second-order valence-corrected chi connectivity index (χ2v) is 6.15. The summed E-state index contributed by atoms with van der Waals surface area (Å²) in [7, 11) is 0. The number of carbonyl (C=O) groups is 1. The number of rotatable bonds is 5. The Kier molecular flexibility index (Phi) is 6.07. The minimum absolute atomic E-state index is 0.147. The molecule has 1 amide bonds. The monoisotopic (exact) mass is 327 g/mol. The third kappa shape index (κ3) is 4.48. The molecule has 1 aliphatic heterocycles. The van der Waals surface area contributed by atoms with E-state index in [1.165, 1.54) is 6.07 Å². The van der Waals surface area contributed by atoms with Crippen molar-refractivity contribution in [3.63, 3.8) is 0 Å². The fraction of sp³-hybridized carbons (Fsp3) is 0.588. The van der Waals surface area contributed by atoms with Crippen molar-refractivity contribution in [3.8, 4) is 0 Å². The number of benzene rings is 1. The Morgan fingerprint density at radius 2 is 1.91 bits per heavy atom. The molecule has 128 valence electrons. The van der Waals surface area contributed by atoms with Crippen LogP contribution in [0.1, 0.15) is 38.4 Å². The fourth-order valence-electron chi connectivity index (χ4n) is 2.85. The van der Waals surface area contributed by atoms with Crippen LogP contribution in [0.3, 0.4) is 0 Å². The van der Waals surface area contributed by atoms with Gasteiger partial charge >= 0.3 is 0 Å². The SMILES string of the molecule is CC(NC(=O)C(C)C1CCOCC1)C(O)c1ccc(F)c(F)c1. The van der Waals surface area contributed by atoms with Gasteiger partial charge in [0.25, 0.3) is 0 Å². The molecule has 0 aromatic heterocycles. The van der Waals surface area contributed by atoms with E-state index in [0.29, 0.717) is 13.2 Å². The predicted octanol–water partition coefficient (Wildman–Crippen LogP) is 2.57. The normalized spacial score (nSPS) is 19.9. The van der Waals surface area contributed by atoms with Gasteiger partial charge in [-0.2, -0.15) is 0 Å². The number of carbonyl (C=O) groups excluding carboxylic acids is 1. The van der Waals surface area contributed by atoms with E-state index < -0.39 is 23.8 Å². The Bertz CT molecular complexity index is 547. The van der Waals surface area contributed by atoms with Gasteiger partial charge in [-0.25, -0.2) is 8.78 Å². The maximum atomic E-state index is 13.3. The van der Waals surface area contributed by atoms with E-state index in [1.54, 1.807) is 6.92 Å². The van der Waals surface area contributed by atoms with Crippen LogP contribution >= 0.6 is 0 Å². The average Bonchev–Trinajstić information content (AvgIpc) is 2.56. The fourth-order valence-corrected chi connectivity index (χ4v) is 2.85. The molecule has 4 nitrogen and oxygen atoms in total. The zero-order valence-electron chi connectivity index (χ0n) is 13.4. The van der Waals surface area contributed by atoms with Gasteiger partial charge < -0.3 is 15.2 Å². The summed E-state index contributed by atoms with van der Waals surface area (Å²) < 4.78 is 31.5. The molecular formula is C17H23F2NO3. The van der Waals surface area contributed by atoms with Gasteiger partial charge in [-0.15, -0.1) is 0 Å². The second-order valence-electron chi connectivity index (χ2n) is 6.15. The van der Waals surface area contributed by atoms with Crippen LogP contribution < -0.4 is 5.32 Å². The number of halogens is 2. The molecule has 3 unspecified atom stereocenters. The lowest BCUT2D eigenvalue weighted by Gasteiger charge is -2.29. The molecule has 0 spiro atoms. The molecule has 1 fully saturated rings. The molecule has 0 saturated carbocycles. The van der Waals surface area contributed by atoms with Crippen LogP contribution in [0.2, 0.25) is 0 Å². The molecule has 2 rings (SSSR count). The molecule has 1 aromatic rings. The van der Waals surface area contributed by atoms with Crippen molar-refractivity contribution in [1.29, 1.82) is 0 Å². The first-order valence-corrected chi connectivity index (χ1v) is 7.91. The molecule has 23 heavy (non-hydrogen) atoms. The summed E-state index contributed by atoms with van der Waals surface area (Å²) in [5.74, 6) is -2.05. The number of nitrogens with one attached hydrogen (secondary N) is 1. The third-order valence-electron chi connectivity index (χ3n) is 4.52. The first kappa shape index (κ1) is 17.8. The van der Waals surface area contributed by atoms with Crippen LogP contribution in [0.4, 0.5) is 8.78 Å². The van der Waals surface area contributed by atoms with Crippen LogP contribution in [-0.4, -0.2) is 30.3 Å². The summed E-state index contributed by atoms with van der Waals surface area (Å²) in [6.07, 6.45) is 0.583. The van der Waals surface area contributed by atoms with Gasteiger partial charge in [0.1, 0.15) is 0 Å². The van der Waals surface area contributed by atoms with Gasteiger partial charge in [0.05, 0.1) is 12.1 Å². The topological polar surface area (TPSA) is 58.6 Å². The van der Waals surface area contributed by atoms with Gasteiger partial charge in [-0.1, -0.05) is 13.0 Å². The minimum atomic E-state index is -1.10. The van der Waals surface area contributed by atoms with E-state index in [2.05, 4.69) is 5.32 Å². The Labute approximate surface area is 134 Å². The standard InChI is InChI=1S/C17H23F2NO3/c1-10(12-5-7-23-8-6-12)17(22)20-11(2)16(21)13-3-4-14(18)15(19)9-13/h3-4,9-12,16,21H,5-8H2,1-2H3,(H,20,22). The van der Waals surface area contributed by atoms with Gasteiger partial charge in [0.2, 0.25) is 5.91 Å². The van der Waals surface area contributed by atoms with Crippen molar-refractivity contribution < 1.29 is 23.4 Å². The van der Waals surface area contributed by atoms with E-state index >= 15 is 0 Å². The zero-order valence-corrected chi connectivity index (χ0v) is 13.4. The molecule has 0 aliphatic carbocycles. The lowest BCUT2D eigenvalue weighted by Crippen LogP contribution is -2.42. The first-order valence-electron chi connectivity index (χ1n) is 7.91. The number of ether oxygens (including phenoxy) is 1. The highest BCUT2D eigenvalue weighted by Crippen LogP contribution is 2.25. The van der Waals surface area contributed by atoms with E-state index in [9.17, 15) is 18.7 Å². The van der Waals surface area contributed by atoms with Gasteiger partial charge in [-0.05, 0) is 43.4 Å². The third-order valence-corrected chi connectivity index (χ3v) is 4.52. The summed E-state index contributed by atoms with van der Waals surface area (Å²) in [5, 5.41) is 13.0. The number of aliphatic hydroxyl groups excluding tert-OH is 1. The number of amides is 1. The van der Waals surface area contributed by atoms with Crippen LogP contribution in [0.25, 0.3) is 0 Å². The summed E-state index contributed by atoms with van der Waals surface area (Å²) in [5.41, 5.74) is 0.232. The maximum absolute atomic E-state index is 13.3. The molecule has 1 aliphatic rings. The highest BCUT2D eigenvalue weighted by atomic mass is 19.2. The van der Waals surface area contributed by atoms with Crippen molar-refractivity contribution in [1.82, 2.24) is 5.32 Å². The molecule has 0 bridgehead atoms. The smallest absolute Gasteiger partial charge is 0.223 e. The van der Waals surface area contributed by atoms with Gasteiger partial charge in [-0.3, -0.25) is 4.79 Å². The molecule has 1 saturated heterocycles. The van der Waals surface area contributed by atoms with E-state index in [4.69, 9.17) is 4.74 Å². The van der Waals surface area contributed by atoms with Crippen molar-refractivity contribution in [2.75, 3.05) is 13.2 Å². The van der Waals surface area contributed by atoms with Crippen LogP contribution in [0, 0.1) is 23.5 Å². The largest absolute Gasteiger partial charge is 0.386 e. The summed E-state index contributed by atoms with van der Waals surface area (Å²) >= 11 is 0. The molecule has 0 radical (unpaired) electrons. The lowest BCUT2D eigenvalue weighted by molar-refractivity contribution is -0.128. The number of aliphatic hydroxyl groups is 1. The Hall–Kier alpha value is -1.53. The average molecular weight is 327 g/mol. The summed E-state index contributed by atoms with van der Waals surface area (Å²) in [4.78, 5) is 12.3. The van der Waals surface area contributed by atoms with Crippen LogP contribution in [0.5, 0.6) is 0 Å². The molecular weight excluding hydrogens is 304 g/mol. The minimum Gasteiger partial charge on any atom is -0.386 e. The Balaban J connectivity index is 1.95. The Morgan fingerprint density at radius 1 is 1.26 bits per heavy atom. The van der Waals surface area contributed by atoms with E-state index in [-0.39, 0.29) is 23.3 Å². The van der Waals surface area contributed by atoms with Crippen molar-refractivity contribution >= 4 is 5.91 Å². The summed E-state index contributed by atoms with van der Waals surface area (Å²) in [6.45, 7) is 4.83. The van der Waals surface area contributed by atoms with Gasteiger partial charge in [0, 0.05) is 19.1 Å². The number of hydrogen-bond acceptors (Lipinski definition) is 3. The van der Waals surface area contributed by atoms with Crippen molar-refractivity contribution in [2.24, 2.45) is 11.8 Å². The lowest BCUT2D eigenvalue weighted by atomic mass is 9.86. The second kappa shape index (κ2) is 7.84. The molecule has 3 atom stereocenters. The van der Waals surface area contributed by atoms with Crippen molar-refractivity contribution in [2.45, 2.75) is 38.8 Å². The van der Waals surface area contributed by atoms with Gasteiger partial charge in [0.15, 0.2) is 11.6 Å².